The van der Waals surface area contributed by atoms with Crippen molar-refractivity contribution in [3.8, 4) is 0 Å². The number of para-hydroxylation sites is 2. The predicted molar refractivity (Wildman–Crippen MR) is 95.1 cm³/mol. The van der Waals surface area contributed by atoms with Gasteiger partial charge in [0.1, 0.15) is 5.82 Å². The third-order valence-corrected chi connectivity index (χ3v) is 4.62. The van der Waals surface area contributed by atoms with Crippen LogP contribution in [0.4, 0.5) is 0 Å². The molecule has 2 heterocycles. The Kier molecular flexibility index (Phi) is 3.72. The van der Waals surface area contributed by atoms with E-state index in [0.29, 0.717) is 0 Å². The average molecular weight is 303 g/mol. The maximum absolute atomic E-state index is 4.66. The first-order chi connectivity index (χ1) is 11.3. The van der Waals surface area contributed by atoms with E-state index in [1.54, 1.807) is 0 Å². The Morgan fingerprint density at radius 2 is 1.78 bits per heavy atom. The third-order valence-electron chi connectivity index (χ3n) is 4.62. The lowest BCUT2D eigenvalue weighted by Gasteiger charge is -2.27. The Labute approximate surface area is 136 Å². The van der Waals surface area contributed by atoms with Crippen LogP contribution in [0.25, 0.3) is 16.6 Å². The van der Waals surface area contributed by atoms with E-state index in [2.05, 4.69) is 82.0 Å². The van der Waals surface area contributed by atoms with Gasteiger partial charge >= 0.3 is 0 Å². The van der Waals surface area contributed by atoms with Crippen LogP contribution < -0.4 is 0 Å². The van der Waals surface area contributed by atoms with Gasteiger partial charge in [0.15, 0.2) is 0 Å². The molecule has 0 fully saturated rings. The van der Waals surface area contributed by atoms with Crippen molar-refractivity contribution >= 4 is 16.6 Å². The van der Waals surface area contributed by atoms with E-state index in [1.807, 2.05) is 0 Å². The van der Waals surface area contributed by atoms with Gasteiger partial charge in [0.25, 0.3) is 0 Å². The predicted octanol–water partition coefficient (Wildman–Crippen LogP) is 4.09. The third kappa shape index (κ3) is 2.80. The van der Waals surface area contributed by atoms with Crippen molar-refractivity contribution in [2.45, 2.75) is 20.0 Å². The van der Waals surface area contributed by atoms with Gasteiger partial charge in [-0.1, -0.05) is 48.5 Å². The van der Waals surface area contributed by atoms with Gasteiger partial charge < -0.3 is 4.57 Å². The molecule has 4 rings (SSSR count). The van der Waals surface area contributed by atoms with Crippen LogP contribution in [0.2, 0.25) is 0 Å². The molecule has 23 heavy (non-hydrogen) atoms. The average Bonchev–Trinajstić information content (AvgIpc) is 2.92. The lowest BCUT2D eigenvalue weighted by atomic mass is 10.00. The van der Waals surface area contributed by atoms with E-state index in [4.69, 9.17) is 0 Å². The van der Waals surface area contributed by atoms with Crippen molar-refractivity contribution in [2.75, 3.05) is 13.1 Å². The Bertz CT molecular complexity index is 846. The summed E-state index contributed by atoms with van der Waals surface area (Å²) in [4.78, 5) is 7.14. The zero-order valence-electron chi connectivity index (χ0n) is 13.4. The fraction of sp³-hybridized carbons (Fsp3) is 0.250. The van der Waals surface area contributed by atoms with Gasteiger partial charge in [-0.15, -0.1) is 0 Å². The van der Waals surface area contributed by atoms with Crippen molar-refractivity contribution in [1.82, 2.24) is 14.5 Å². The lowest BCUT2D eigenvalue weighted by Crippen LogP contribution is -2.31. The standard InChI is InChI=1S/C20H21N3/c1-16-21-19-9-5-6-10-20(19)23(16)15-22-13-11-18(12-14-22)17-7-3-2-4-8-17/h2-11H,12-15H2,1H3. The van der Waals surface area contributed by atoms with Gasteiger partial charge in [-0.25, -0.2) is 4.98 Å². The molecule has 1 aliphatic heterocycles. The van der Waals surface area contributed by atoms with Gasteiger partial charge in [-0.2, -0.15) is 0 Å². The number of rotatable bonds is 3. The first-order valence-corrected chi connectivity index (χ1v) is 8.20. The zero-order valence-corrected chi connectivity index (χ0v) is 13.4. The van der Waals surface area contributed by atoms with Crippen LogP contribution in [0.15, 0.2) is 60.7 Å². The van der Waals surface area contributed by atoms with Gasteiger partial charge in [0, 0.05) is 13.1 Å². The molecule has 0 bridgehead atoms. The van der Waals surface area contributed by atoms with E-state index in [9.17, 15) is 0 Å². The first-order valence-electron chi connectivity index (χ1n) is 8.20. The Hall–Kier alpha value is -2.39. The molecule has 116 valence electrons. The summed E-state index contributed by atoms with van der Waals surface area (Å²) in [6.45, 7) is 5.09. The number of hydrogen-bond acceptors (Lipinski definition) is 2. The minimum Gasteiger partial charge on any atom is -0.314 e. The summed E-state index contributed by atoms with van der Waals surface area (Å²) in [5.74, 6) is 1.09. The van der Waals surface area contributed by atoms with E-state index in [-0.39, 0.29) is 0 Å². The Morgan fingerprint density at radius 3 is 2.57 bits per heavy atom. The molecule has 0 saturated heterocycles. The Morgan fingerprint density at radius 1 is 1.00 bits per heavy atom. The van der Waals surface area contributed by atoms with E-state index in [0.717, 1.165) is 37.5 Å². The first kappa shape index (κ1) is 14.2. The molecule has 0 radical (unpaired) electrons. The normalized spacial score (nSPS) is 15.8. The summed E-state index contributed by atoms with van der Waals surface area (Å²) in [7, 11) is 0. The molecular formula is C20H21N3. The highest BCUT2D eigenvalue weighted by Crippen LogP contribution is 2.23. The summed E-state index contributed by atoms with van der Waals surface area (Å²) >= 11 is 0. The number of fused-ring (bicyclic) bond motifs is 1. The number of benzene rings is 2. The molecule has 1 aromatic heterocycles. The highest BCUT2D eigenvalue weighted by molar-refractivity contribution is 5.75. The minimum atomic E-state index is 0.908. The lowest BCUT2D eigenvalue weighted by molar-refractivity contribution is 0.242. The van der Waals surface area contributed by atoms with Gasteiger partial charge in [-0.3, -0.25) is 4.90 Å². The van der Waals surface area contributed by atoms with Crippen molar-refractivity contribution in [3.63, 3.8) is 0 Å². The molecule has 0 unspecified atom stereocenters. The van der Waals surface area contributed by atoms with Crippen LogP contribution in [0.1, 0.15) is 17.8 Å². The fourth-order valence-electron chi connectivity index (χ4n) is 3.33. The van der Waals surface area contributed by atoms with Crippen molar-refractivity contribution in [2.24, 2.45) is 0 Å². The molecule has 3 nitrogen and oxygen atoms in total. The summed E-state index contributed by atoms with van der Waals surface area (Å²) < 4.78 is 2.32. The number of aromatic nitrogens is 2. The van der Waals surface area contributed by atoms with Crippen molar-refractivity contribution in [1.29, 1.82) is 0 Å². The quantitative estimate of drug-likeness (QED) is 0.726. The van der Waals surface area contributed by atoms with E-state index in [1.165, 1.54) is 16.7 Å². The topological polar surface area (TPSA) is 21.1 Å². The Balaban J connectivity index is 1.53. The summed E-state index contributed by atoms with van der Waals surface area (Å²) in [5.41, 5.74) is 5.14. The maximum Gasteiger partial charge on any atom is 0.107 e. The summed E-state index contributed by atoms with van der Waals surface area (Å²) in [6.07, 6.45) is 3.48. The molecule has 2 aromatic carbocycles. The molecule has 0 aliphatic carbocycles. The summed E-state index contributed by atoms with van der Waals surface area (Å²) in [5, 5.41) is 0. The molecule has 3 aromatic rings. The number of aryl methyl sites for hydroxylation is 1. The summed E-state index contributed by atoms with van der Waals surface area (Å²) in [6, 6.07) is 19.1. The monoisotopic (exact) mass is 303 g/mol. The molecule has 0 amide bonds. The minimum absolute atomic E-state index is 0.908. The largest absolute Gasteiger partial charge is 0.314 e. The molecule has 3 heteroatoms. The van der Waals surface area contributed by atoms with Crippen LogP contribution in [0.3, 0.4) is 0 Å². The van der Waals surface area contributed by atoms with Crippen molar-refractivity contribution < 1.29 is 0 Å². The van der Waals surface area contributed by atoms with Gasteiger partial charge in [0.2, 0.25) is 0 Å². The van der Waals surface area contributed by atoms with Gasteiger partial charge in [-0.05, 0) is 36.6 Å². The van der Waals surface area contributed by atoms with Crippen LogP contribution in [-0.2, 0) is 6.67 Å². The van der Waals surface area contributed by atoms with E-state index >= 15 is 0 Å². The van der Waals surface area contributed by atoms with Crippen LogP contribution in [0, 0.1) is 6.92 Å². The fourth-order valence-corrected chi connectivity index (χ4v) is 3.33. The second-order valence-corrected chi connectivity index (χ2v) is 6.14. The number of hydrogen-bond donors (Lipinski definition) is 0. The highest BCUT2D eigenvalue weighted by Gasteiger charge is 2.15. The van der Waals surface area contributed by atoms with Gasteiger partial charge in [0.05, 0.1) is 17.7 Å². The molecule has 0 N–H and O–H groups in total. The zero-order chi connectivity index (χ0) is 15.6. The second kappa shape index (κ2) is 6.01. The molecule has 0 atom stereocenters. The molecule has 0 spiro atoms. The van der Waals surface area contributed by atoms with Crippen LogP contribution in [-0.4, -0.2) is 27.5 Å². The highest BCUT2D eigenvalue weighted by atomic mass is 15.3. The van der Waals surface area contributed by atoms with Crippen molar-refractivity contribution in [3.05, 3.63) is 72.1 Å². The van der Waals surface area contributed by atoms with Crippen LogP contribution in [0.5, 0.6) is 0 Å². The van der Waals surface area contributed by atoms with Crippen LogP contribution >= 0.6 is 0 Å². The SMILES string of the molecule is Cc1nc2ccccc2n1CN1CC=C(c2ccccc2)CC1. The number of nitrogens with zero attached hydrogens (tertiary/aromatic N) is 3. The molecular weight excluding hydrogens is 282 g/mol. The smallest absolute Gasteiger partial charge is 0.107 e. The molecule has 0 saturated carbocycles. The number of imidazole rings is 1. The second-order valence-electron chi connectivity index (χ2n) is 6.14. The maximum atomic E-state index is 4.66. The van der Waals surface area contributed by atoms with E-state index < -0.39 is 0 Å². The molecule has 1 aliphatic rings.